The van der Waals surface area contributed by atoms with E-state index in [2.05, 4.69) is 10.1 Å². The summed E-state index contributed by atoms with van der Waals surface area (Å²) < 4.78 is 132. The molecule has 3 aliphatic heterocycles. The number of anilines is 1. The van der Waals surface area contributed by atoms with E-state index >= 15 is 0 Å². The molecule has 1 atom stereocenters. The SMILES string of the molecule is [2H]C([2H])(Nc1cccc2c1C([2H])([2H])N(C1([2H])CCC(=O)NC1=O)C2=O)c1ccccc1C([2H])([2H])N1C([2H])([2H])C([2H])([2H])OC([2H])([2H])C1([2H])[2H]. The van der Waals surface area contributed by atoms with E-state index in [1.165, 1.54) is 30.3 Å². The summed E-state index contributed by atoms with van der Waals surface area (Å²) >= 11 is 0. The minimum Gasteiger partial charge on any atom is -0.381 e. The second-order valence-corrected chi connectivity index (χ2v) is 7.08. The van der Waals surface area contributed by atoms with Crippen LogP contribution in [0.4, 0.5) is 5.69 Å². The highest BCUT2D eigenvalue weighted by Crippen LogP contribution is 2.32. The van der Waals surface area contributed by atoms with E-state index in [1.807, 2.05) is 5.32 Å². The molecule has 0 bridgehead atoms. The Hall–Kier alpha value is -3.23. The van der Waals surface area contributed by atoms with Crippen LogP contribution >= 0.6 is 0 Å². The zero-order chi connectivity index (χ0) is 36.3. The summed E-state index contributed by atoms with van der Waals surface area (Å²) in [7, 11) is 0. The molecular weight excluding hydrogens is 420 g/mol. The first-order valence-corrected chi connectivity index (χ1v) is 9.89. The van der Waals surface area contributed by atoms with Crippen molar-refractivity contribution >= 4 is 23.4 Å². The monoisotopic (exact) mass is 463 g/mol. The molecule has 3 amide bonds. The van der Waals surface area contributed by atoms with Crippen LogP contribution in [0.1, 0.15) is 60.5 Å². The van der Waals surface area contributed by atoms with E-state index in [9.17, 15) is 14.4 Å². The Morgan fingerprint density at radius 3 is 2.70 bits per heavy atom. The number of nitrogens with zero attached hydrogens (tertiary/aromatic N) is 2. The molecule has 0 saturated carbocycles. The number of nitrogens with one attached hydrogen (secondary N) is 2. The lowest BCUT2D eigenvalue weighted by atomic mass is 10.0. The molecule has 33 heavy (non-hydrogen) atoms. The number of ether oxygens (including phenoxy) is 1. The van der Waals surface area contributed by atoms with E-state index in [4.69, 9.17) is 20.6 Å². The van der Waals surface area contributed by atoms with Gasteiger partial charge in [-0.3, -0.25) is 24.6 Å². The minimum absolute atomic E-state index is 0.339. The van der Waals surface area contributed by atoms with Gasteiger partial charge in [0, 0.05) is 63.9 Å². The third kappa shape index (κ3) is 4.49. The number of hydrogen-bond donors (Lipinski definition) is 2. The lowest BCUT2D eigenvalue weighted by Gasteiger charge is -2.29. The van der Waals surface area contributed by atoms with Gasteiger partial charge in [-0.15, -0.1) is 0 Å². The second kappa shape index (κ2) is 9.33. The maximum Gasteiger partial charge on any atom is 0.255 e. The molecule has 2 aromatic rings. The van der Waals surface area contributed by atoms with Gasteiger partial charge in [-0.2, -0.15) is 0 Å². The first kappa shape index (κ1) is 10.4. The molecule has 2 aromatic carbocycles. The average molecular weight is 464 g/mol. The van der Waals surface area contributed by atoms with Gasteiger partial charge in [-0.1, -0.05) is 30.3 Å². The van der Waals surface area contributed by atoms with Crippen molar-refractivity contribution in [3.05, 3.63) is 64.7 Å². The van der Waals surface area contributed by atoms with Crippen LogP contribution in [0.3, 0.4) is 0 Å². The van der Waals surface area contributed by atoms with Crippen molar-refractivity contribution in [2.45, 2.75) is 38.4 Å². The first-order valence-electron chi connectivity index (χ1n) is 17.4. The number of fused-ring (bicyclic) bond motifs is 1. The van der Waals surface area contributed by atoms with Crippen LogP contribution in [-0.4, -0.2) is 59.7 Å². The number of morpholine rings is 1. The molecule has 8 heteroatoms. The van der Waals surface area contributed by atoms with Crippen molar-refractivity contribution in [1.82, 2.24) is 15.1 Å². The zero-order valence-electron chi connectivity index (χ0n) is 32.0. The number of carbonyl (C=O) groups is 3. The number of imide groups is 1. The van der Waals surface area contributed by atoms with Crippen molar-refractivity contribution in [3.63, 3.8) is 0 Å². The van der Waals surface area contributed by atoms with Gasteiger partial charge in [0.1, 0.15) is 6.02 Å². The van der Waals surface area contributed by atoms with E-state index in [0.29, 0.717) is 4.90 Å². The molecule has 8 nitrogen and oxygen atoms in total. The number of benzene rings is 2. The number of carbonyl (C=O) groups excluding carboxylic acids is 3. The predicted molar refractivity (Wildman–Crippen MR) is 122 cm³/mol. The van der Waals surface area contributed by atoms with Crippen LogP contribution in [0, 0.1) is 0 Å². The highest BCUT2D eigenvalue weighted by Gasteiger charge is 2.39. The fourth-order valence-corrected chi connectivity index (χ4v) is 3.44. The molecule has 172 valence electrons. The van der Waals surface area contributed by atoms with Crippen molar-refractivity contribution < 1.29 is 39.7 Å². The molecular formula is C25H28N4O4. The normalized spacial score (nSPS) is 38.6. The molecule has 0 aliphatic carbocycles. The Bertz CT molecular complexity index is 1690. The van der Waals surface area contributed by atoms with Crippen LogP contribution in [0.25, 0.3) is 0 Å². The number of hydrogen-bond acceptors (Lipinski definition) is 6. The molecule has 0 aromatic heterocycles. The Morgan fingerprint density at radius 1 is 1.12 bits per heavy atom. The van der Waals surface area contributed by atoms with Crippen LogP contribution in [0.2, 0.25) is 0 Å². The van der Waals surface area contributed by atoms with Crippen LogP contribution in [-0.2, 0) is 33.8 Å². The maximum atomic E-state index is 13.5. The maximum absolute atomic E-state index is 13.5. The molecule has 0 spiro atoms. The summed E-state index contributed by atoms with van der Waals surface area (Å²) in [5.41, 5.74) is -2.62. The average Bonchev–Trinajstić information content (AvgIpc) is 3.14. The van der Waals surface area contributed by atoms with Crippen LogP contribution < -0.4 is 10.6 Å². The van der Waals surface area contributed by atoms with Gasteiger partial charge < -0.3 is 15.0 Å². The Kier molecular flexibility index (Phi) is 2.93. The van der Waals surface area contributed by atoms with Gasteiger partial charge in [0.15, 0.2) is 0 Å². The van der Waals surface area contributed by atoms with Gasteiger partial charge in [-0.05, 0) is 29.7 Å². The molecule has 0 radical (unpaired) electrons. The summed E-state index contributed by atoms with van der Waals surface area (Å²) in [5, 5.41) is 4.33. The predicted octanol–water partition coefficient (Wildman–Crippen LogP) is 1.89. The molecule has 5 rings (SSSR count). The van der Waals surface area contributed by atoms with Crippen LogP contribution in [0.15, 0.2) is 42.5 Å². The summed E-state index contributed by atoms with van der Waals surface area (Å²) in [4.78, 5) is 38.0. The standard InChI is InChI=1S/C25H28N4O4/c30-23-9-8-22(24(31)27-23)29-16-20-19(25(29)32)6-3-7-21(20)26-14-17-4-1-2-5-18(17)15-28-10-12-33-13-11-28/h1-7,22,26H,8-16H2,(H,27,30,31)/i10D2,11D2,12D2,13D2,14D2,15D2,16D2,22D. The summed E-state index contributed by atoms with van der Waals surface area (Å²) in [6, 6.07) is 5.49. The van der Waals surface area contributed by atoms with E-state index in [1.54, 1.807) is 0 Å². The van der Waals surface area contributed by atoms with Gasteiger partial charge in [0.2, 0.25) is 11.8 Å². The molecule has 2 saturated heterocycles. The highest BCUT2D eigenvalue weighted by atomic mass is 16.5. The highest BCUT2D eigenvalue weighted by molar-refractivity contribution is 6.06. The van der Waals surface area contributed by atoms with Crippen molar-refractivity contribution in [2.24, 2.45) is 0 Å². The lowest BCUT2D eigenvalue weighted by Crippen LogP contribution is -2.52. The second-order valence-electron chi connectivity index (χ2n) is 7.08. The topological polar surface area (TPSA) is 91.0 Å². The molecule has 1 unspecified atom stereocenters. The first-order chi connectivity index (χ1) is 21.7. The molecule has 3 aliphatic rings. The van der Waals surface area contributed by atoms with Gasteiger partial charge in [-0.25, -0.2) is 0 Å². The smallest absolute Gasteiger partial charge is 0.255 e. The number of rotatable bonds is 6. The molecule has 2 N–H and O–H groups in total. The third-order valence-corrected chi connectivity index (χ3v) is 5.00. The zero-order valence-corrected chi connectivity index (χ0v) is 17.0. The van der Waals surface area contributed by atoms with Crippen LogP contribution in [0.5, 0.6) is 0 Å². The molecule has 2 fully saturated rings. The van der Waals surface area contributed by atoms with Gasteiger partial charge in [0.05, 0.1) is 25.5 Å². The van der Waals surface area contributed by atoms with Crippen molar-refractivity contribution in [3.8, 4) is 0 Å². The summed E-state index contributed by atoms with van der Waals surface area (Å²) in [6.07, 6.45) is -0.888. The Morgan fingerprint density at radius 2 is 1.91 bits per heavy atom. The summed E-state index contributed by atoms with van der Waals surface area (Å²) in [5.74, 6) is -3.05. The van der Waals surface area contributed by atoms with E-state index in [0.717, 1.165) is 12.1 Å². The van der Waals surface area contributed by atoms with E-state index < -0.39 is 92.5 Å². The van der Waals surface area contributed by atoms with Gasteiger partial charge >= 0.3 is 0 Å². The number of amides is 3. The third-order valence-electron chi connectivity index (χ3n) is 5.00. The largest absolute Gasteiger partial charge is 0.381 e. The Labute approximate surface area is 214 Å². The Balaban J connectivity index is 1.60. The molecule has 3 heterocycles. The quantitative estimate of drug-likeness (QED) is 0.636. The fraction of sp³-hybridized carbons (Fsp3) is 0.400. The minimum atomic E-state index is -3.68. The van der Waals surface area contributed by atoms with Crippen molar-refractivity contribution in [1.29, 1.82) is 0 Å². The van der Waals surface area contributed by atoms with Gasteiger partial charge in [0.25, 0.3) is 5.91 Å². The van der Waals surface area contributed by atoms with Crippen molar-refractivity contribution in [2.75, 3.05) is 31.4 Å². The lowest BCUT2D eigenvalue weighted by molar-refractivity contribution is -0.136. The van der Waals surface area contributed by atoms with E-state index in [-0.39, 0.29) is 22.6 Å². The fourth-order valence-electron chi connectivity index (χ4n) is 3.44. The number of piperidine rings is 1. The summed E-state index contributed by atoms with van der Waals surface area (Å²) in [6.45, 7) is -23.9.